The molecule has 1 aliphatic rings. The normalized spacial score (nSPS) is 19.6. The number of halogens is 3. The average Bonchev–Trinajstić information content (AvgIpc) is 3.27. The standard InChI is InChI=1S/C22H22F3N3O5S/c1-13-3-8-17-18(10-21(29)30)26-28(19(17)9-13)20-12-27(11-14(20)2)34(31,32)16-6-4-15(5-7-16)33-22(23,24)25/h3-9,14,20H,10-12H2,1-2H3,(H,29,30)/t14-,20+/m1/s1. The molecule has 1 aliphatic heterocycles. The number of carboxylic acid groups (broad SMARTS) is 1. The topological polar surface area (TPSA) is 102 Å². The number of rotatable bonds is 6. The first-order valence-corrected chi connectivity index (χ1v) is 11.8. The predicted octanol–water partition coefficient (Wildman–Crippen LogP) is 3.75. The van der Waals surface area contributed by atoms with Gasteiger partial charge >= 0.3 is 12.3 Å². The minimum atomic E-state index is -4.87. The fraction of sp³-hybridized carbons (Fsp3) is 0.364. The molecule has 1 saturated heterocycles. The average molecular weight is 497 g/mol. The van der Waals surface area contributed by atoms with Crippen molar-refractivity contribution >= 4 is 26.9 Å². The fourth-order valence-electron chi connectivity index (χ4n) is 4.22. The molecule has 0 bridgehead atoms. The third-order valence-corrected chi connectivity index (χ3v) is 7.65. The van der Waals surface area contributed by atoms with Gasteiger partial charge in [0.2, 0.25) is 10.0 Å². The van der Waals surface area contributed by atoms with Gasteiger partial charge in [-0.3, -0.25) is 9.48 Å². The van der Waals surface area contributed by atoms with Crippen molar-refractivity contribution in [3.05, 3.63) is 53.7 Å². The summed E-state index contributed by atoms with van der Waals surface area (Å²) >= 11 is 0. The van der Waals surface area contributed by atoms with Crippen molar-refractivity contribution in [1.82, 2.24) is 14.1 Å². The number of aromatic nitrogens is 2. The van der Waals surface area contributed by atoms with Crippen molar-refractivity contribution in [2.45, 2.75) is 37.6 Å². The lowest BCUT2D eigenvalue weighted by Crippen LogP contribution is -2.29. The van der Waals surface area contributed by atoms with E-state index < -0.39 is 28.1 Å². The Morgan fingerprint density at radius 1 is 1.18 bits per heavy atom. The highest BCUT2D eigenvalue weighted by atomic mass is 32.2. The summed E-state index contributed by atoms with van der Waals surface area (Å²) in [6.07, 6.45) is -5.13. The van der Waals surface area contributed by atoms with Gasteiger partial charge in [0.1, 0.15) is 5.75 Å². The van der Waals surface area contributed by atoms with Crippen molar-refractivity contribution in [3.8, 4) is 5.75 Å². The van der Waals surface area contributed by atoms with Crippen LogP contribution in [0.15, 0.2) is 47.4 Å². The summed E-state index contributed by atoms with van der Waals surface area (Å²) in [5.74, 6) is -1.68. The van der Waals surface area contributed by atoms with Gasteiger partial charge in [0.05, 0.1) is 28.6 Å². The number of hydrogen-bond donors (Lipinski definition) is 1. The molecule has 8 nitrogen and oxygen atoms in total. The highest BCUT2D eigenvalue weighted by molar-refractivity contribution is 7.89. The quantitative estimate of drug-likeness (QED) is 0.557. The molecular weight excluding hydrogens is 475 g/mol. The van der Waals surface area contributed by atoms with Crippen LogP contribution in [0.4, 0.5) is 13.2 Å². The molecule has 0 spiro atoms. The Kier molecular flexibility index (Phi) is 6.06. The summed E-state index contributed by atoms with van der Waals surface area (Å²) in [6, 6.07) is 9.27. The number of aryl methyl sites for hydroxylation is 1. The van der Waals surface area contributed by atoms with Crippen LogP contribution in [0.2, 0.25) is 0 Å². The smallest absolute Gasteiger partial charge is 0.481 e. The van der Waals surface area contributed by atoms with Crippen LogP contribution in [0.3, 0.4) is 0 Å². The second-order valence-corrected chi connectivity index (χ2v) is 10.3. The van der Waals surface area contributed by atoms with Gasteiger partial charge in [0.15, 0.2) is 0 Å². The molecule has 0 unspecified atom stereocenters. The van der Waals surface area contributed by atoms with Crippen molar-refractivity contribution in [2.24, 2.45) is 5.92 Å². The molecule has 1 N–H and O–H groups in total. The van der Waals surface area contributed by atoms with E-state index in [0.717, 1.165) is 35.3 Å². The van der Waals surface area contributed by atoms with Crippen LogP contribution in [0, 0.1) is 12.8 Å². The van der Waals surface area contributed by atoms with E-state index in [-0.39, 0.29) is 36.4 Å². The van der Waals surface area contributed by atoms with E-state index >= 15 is 0 Å². The molecule has 2 aromatic carbocycles. The Morgan fingerprint density at radius 2 is 1.85 bits per heavy atom. The van der Waals surface area contributed by atoms with E-state index in [9.17, 15) is 31.5 Å². The van der Waals surface area contributed by atoms with Crippen LogP contribution in [0.5, 0.6) is 5.75 Å². The van der Waals surface area contributed by atoms with Gasteiger partial charge in [-0.05, 0) is 48.7 Å². The summed E-state index contributed by atoms with van der Waals surface area (Å²) in [6.45, 7) is 4.03. The van der Waals surface area contributed by atoms with Gasteiger partial charge in [-0.2, -0.15) is 9.40 Å². The minimum Gasteiger partial charge on any atom is -0.481 e. The number of carbonyl (C=O) groups is 1. The molecule has 1 aromatic heterocycles. The Hall–Kier alpha value is -3.12. The van der Waals surface area contributed by atoms with E-state index in [1.54, 1.807) is 4.68 Å². The number of alkyl halides is 3. The molecular formula is C22H22F3N3O5S. The third kappa shape index (κ3) is 4.73. The highest BCUT2D eigenvalue weighted by Gasteiger charge is 2.39. The molecule has 3 aromatic rings. The number of benzene rings is 2. The van der Waals surface area contributed by atoms with E-state index in [1.165, 1.54) is 4.31 Å². The number of fused-ring (bicyclic) bond motifs is 1. The van der Waals surface area contributed by atoms with Crippen LogP contribution < -0.4 is 4.74 Å². The summed E-state index contributed by atoms with van der Waals surface area (Å²) in [5, 5.41) is 14.5. The molecule has 0 amide bonds. The molecule has 4 rings (SSSR count). The van der Waals surface area contributed by atoms with Crippen molar-refractivity contribution < 1.29 is 36.2 Å². The maximum Gasteiger partial charge on any atom is 0.573 e. The Balaban J connectivity index is 1.63. The zero-order valence-electron chi connectivity index (χ0n) is 18.3. The maximum absolute atomic E-state index is 13.2. The minimum absolute atomic E-state index is 0.0849. The Labute approximate surface area is 193 Å². The molecule has 34 heavy (non-hydrogen) atoms. The first-order chi connectivity index (χ1) is 15.8. The van der Waals surface area contributed by atoms with Crippen LogP contribution in [-0.2, 0) is 21.2 Å². The molecule has 0 radical (unpaired) electrons. The van der Waals surface area contributed by atoms with Crippen LogP contribution >= 0.6 is 0 Å². The van der Waals surface area contributed by atoms with Crippen molar-refractivity contribution in [3.63, 3.8) is 0 Å². The number of ether oxygens (including phenoxy) is 1. The Morgan fingerprint density at radius 3 is 2.47 bits per heavy atom. The molecule has 0 aliphatic carbocycles. The number of hydrogen-bond acceptors (Lipinski definition) is 5. The second-order valence-electron chi connectivity index (χ2n) is 8.37. The van der Waals surface area contributed by atoms with Gasteiger partial charge in [-0.15, -0.1) is 13.2 Å². The SMILES string of the molecule is Cc1ccc2c(CC(=O)O)nn([C@H]3CN(S(=O)(=O)c4ccc(OC(F)(F)F)cc4)C[C@H]3C)c2c1. The van der Waals surface area contributed by atoms with E-state index in [2.05, 4.69) is 9.84 Å². The molecule has 12 heteroatoms. The maximum atomic E-state index is 13.2. The molecule has 2 atom stereocenters. The zero-order valence-corrected chi connectivity index (χ0v) is 19.1. The second kappa shape index (κ2) is 8.58. The summed E-state index contributed by atoms with van der Waals surface area (Å²) in [5.41, 5.74) is 2.07. The molecule has 182 valence electrons. The fourth-order valence-corrected chi connectivity index (χ4v) is 5.78. The van der Waals surface area contributed by atoms with E-state index in [0.29, 0.717) is 11.1 Å². The van der Waals surface area contributed by atoms with Crippen LogP contribution in [-0.4, -0.2) is 53.0 Å². The van der Waals surface area contributed by atoms with Crippen LogP contribution in [0.25, 0.3) is 10.9 Å². The van der Waals surface area contributed by atoms with Gasteiger partial charge in [0, 0.05) is 18.5 Å². The number of sulfonamides is 1. The van der Waals surface area contributed by atoms with Gasteiger partial charge in [0.25, 0.3) is 0 Å². The Bertz CT molecular complexity index is 1340. The third-order valence-electron chi connectivity index (χ3n) is 5.81. The highest BCUT2D eigenvalue weighted by Crippen LogP contribution is 2.35. The summed E-state index contributed by atoms with van der Waals surface area (Å²) in [4.78, 5) is 11.2. The van der Waals surface area contributed by atoms with Crippen molar-refractivity contribution in [1.29, 1.82) is 0 Å². The number of nitrogens with zero attached hydrogens (tertiary/aromatic N) is 3. The monoisotopic (exact) mass is 497 g/mol. The van der Waals surface area contributed by atoms with Gasteiger partial charge in [-0.25, -0.2) is 8.42 Å². The first kappa shape index (κ1) is 24.0. The summed E-state index contributed by atoms with van der Waals surface area (Å²) < 4.78 is 70.3. The number of carboxylic acids is 1. The van der Waals surface area contributed by atoms with E-state index in [4.69, 9.17) is 0 Å². The summed E-state index contributed by atoms with van der Waals surface area (Å²) in [7, 11) is -3.99. The lowest BCUT2D eigenvalue weighted by molar-refractivity contribution is -0.274. The molecule has 1 fully saturated rings. The predicted molar refractivity (Wildman–Crippen MR) is 116 cm³/mol. The van der Waals surface area contributed by atoms with Gasteiger partial charge < -0.3 is 9.84 Å². The van der Waals surface area contributed by atoms with Gasteiger partial charge in [-0.1, -0.05) is 19.1 Å². The van der Waals surface area contributed by atoms with Crippen molar-refractivity contribution in [2.75, 3.05) is 13.1 Å². The largest absolute Gasteiger partial charge is 0.573 e. The molecule has 0 saturated carbocycles. The van der Waals surface area contributed by atoms with Crippen LogP contribution in [0.1, 0.15) is 24.2 Å². The lowest BCUT2D eigenvalue weighted by Gasteiger charge is -2.18. The van der Waals surface area contributed by atoms with E-state index in [1.807, 2.05) is 32.0 Å². The number of aliphatic carboxylic acids is 1. The zero-order chi connectivity index (χ0) is 24.8. The molecule has 2 heterocycles. The lowest BCUT2D eigenvalue weighted by atomic mass is 10.1. The first-order valence-electron chi connectivity index (χ1n) is 10.4.